The van der Waals surface area contributed by atoms with Crippen LogP contribution in [0, 0.1) is 5.92 Å². The van der Waals surface area contributed by atoms with E-state index >= 15 is 0 Å². The van der Waals surface area contributed by atoms with Crippen molar-refractivity contribution in [3.8, 4) is 0 Å². The summed E-state index contributed by atoms with van der Waals surface area (Å²) < 4.78 is 0. The predicted octanol–water partition coefficient (Wildman–Crippen LogP) is 2.80. The van der Waals surface area contributed by atoms with Gasteiger partial charge >= 0.3 is 0 Å². The van der Waals surface area contributed by atoms with Crippen LogP contribution in [0.2, 0.25) is 0 Å². The number of thiazole rings is 1. The van der Waals surface area contributed by atoms with Crippen molar-refractivity contribution in [2.45, 2.75) is 44.6 Å². The molecule has 1 fully saturated rings. The number of hydrogen-bond acceptors (Lipinski definition) is 5. The van der Waals surface area contributed by atoms with E-state index in [0.717, 1.165) is 18.0 Å². The summed E-state index contributed by atoms with van der Waals surface area (Å²) in [5, 5.41) is 16.2. The molecule has 1 saturated carbocycles. The summed E-state index contributed by atoms with van der Waals surface area (Å²) in [6.07, 6.45) is 9.97. The van der Waals surface area contributed by atoms with Crippen LogP contribution in [0.15, 0.2) is 18.9 Å². The number of hydrogen-bond donors (Lipinski definition) is 3. The van der Waals surface area contributed by atoms with Crippen molar-refractivity contribution in [2.75, 3.05) is 18.5 Å². The molecular weight excluding hydrogens is 298 g/mol. The first kappa shape index (κ1) is 17.0. The Morgan fingerprint density at radius 2 is 2.27 bits per heavy atom. The molecule has 1 aromatic rings. The van der Waals surface area contributed by atoms with Crippen LogP contribution >= 0.6 is 11.3 Å². The van der Waals surface area contributed by atoms with Gasteiger partial charge in [0.2, 0.25) is 0 Å². The maximum Gasteiger partial charge on any atom is 0.263 e. The topological polar surface area (TPSA) is 74.2 Å². The molecule has 2 rings (SSSR count). The van der Waals surface area contributed by atoms with E-state index in [0.29, 0.717) is 23.8 Å². The van der Waals surface area contributed by atoms with Gasteiger partial charge in [0, 0.05) is 19.2 Å². The molecule has 0 aromatic carbocycles. The van der Waals surface area contributed by atoms with Gasteiger partial charge in [-0.25, -0.2) is 4.98 Å². The lowest BCUT2D eigenvalue weighted by atomic mass is 9.82. The fourth-order valence-electron chi connectivity index (χ4n) is 2.96. The van der Waals surface area contributed by atoms with Crippen LogP contribution in [-0.2, 0) is 0 Å². The van der Waals surface area contributed by atoms with Gasteiger partial charge in [0.25, 0.3) is 5.91 Å². The van der Waals surface area contributed by atoms with Crippen molar-refractivity contribution in [3.63, 3.8) is 0 Å². The molecule has 1 amide bonds. The van der Waals surface area contributed by atoms with Gasteiger partial charge in [-0.05, 0) is 25.2 Å². The number of aliphatic hydroxyl groups is 1. The monoisotopic (exact) mass is 323 g/mol. The normalized spacial score (nSPS) is 17.0. The standard InChI is InChI=1S/C16H25N3O2S/c1-2-9-17-16-18-11-14(22-16)15(21)19-13(8-10-20)12-6-4-3-5-7-12/h2,11-13,20H,1,3-10H2,(H,17,18)(H,19,21). The highest BCUT2D eigenvalue weighted by Crippen LogP contribution is 2.28. The fraction of sp³-hybridized carbons (Fsp3) is 0.625. The van der Waals surface area contributed by atoms with Crippen molar-refractivity contribution in [3.05, 3.63) is 23.7 Å². The third kappa shape index (κ3) is 4.81. The van der Waals surface area contributed by atoms with Gasteiger partial charge in [0.05, 0.1) is 6.20 Å². The third-order valence-electron chi connectivity index (χ3n) is 4.10. The van der Waals surface area contributed by atoms with Gasteiger partial charge in [-0.2, -0.15) is 0 Å². The zero-order chi connectivity index (χ0) is 15.8. The molecule has 122 valence electrons. The number of rotatable bonds is 8. The van der Waals surface area contributed by atoms with Gasteiger partial charge in [-0.15, -0.1) is 6.58 Å². The highest BCUT2D eigenvalue weighted by molar-refractivity contribution is 7.17. The number of carbonyl (C=O) groups is 1. The Morgan fingerprint density at radius 1 is 1.50 bits per heavy atom. The van der Waals surface area contributed by atoms with Crippen molar-refractivity contribution >= 4 is 22.4 Å². The minimum Gasteiger partial charge on any atom is -0.396 e. The number of aliphatic hydroxyl groups excluding tert-OH is 1. The SMILES string of the molecule is C=CCNc1ncc(C(=O)NC(CCO)C2CCCCC2)s1. The smallest absolute Gasteiger partial charge is 0.263 e. The Bertz CT molecular complexity index is 483. The summed E-state index contributed by atoms with van der Waals surface area (Å²) in [6.45, 7) is 4.38. The quantitative estimate of drug-likeness (QED) is 0.643. The number of aromatic nitrogens is 1. The van der Waals surface area contributed by atoms with E-state index in [9.17, 15) is 9.90 Å². The summed E-state index contributed by atoms with van der Waals surface area (Å²) in [5.41, 5.74) is 0. The van der Waals surface area contributed by atoms with Crippen molar-refractivity contribution < 1.29 is 9.90 Å². The number of nitrogens with zero attached hydrogens (tertiary/aromatic N) is 1. The number of amides is 1. The molecule has 1 unspecified atom stereocenters. The summed E-state index contributed by atoms with van der Waals surface area (Å²) >= 11 is 1.34. The predicted molar refractivity (Wildman–Crippen MR) is 90.3 cm³/mol. The van der Waals surface area contributed by atoms with Gasteiger partial charge in [-0.3, -0.25) is 4.79 Å². The van der Waals surface area contributed by atoms with E-state index in [1.165, 1.54) is 30.6 Å². The van der Waals surface area contributed by atoms with Gasteiger partial charge in [0.15, 0.2) is 5.13 Å². The van der Waals surface area contributed by atoms with Crippen LogP contribution in [0.3, 0.4) is 0 Å². The maximum absolute atomic E-state index is 12.4. The van der Waals surface area contributed by atoms with E-state index in [1.807, 2.05) is 0 Å². The molecule has 1 heterocycles. The molecule has 1 aliphatic carbocycles. The zero-order valence-corrected chi connectivity index (χ0v) is 13.7. The Hall–Kier alpha value is -1.40. The molecule has 6 heteroatoms. The first-order valence-electron chi connectivity index (χ1n) is 7.97. The second kappa shape index (κ2) is 8.90. The average Bonchev–Trinajstić information content (AvgIpc) is 3.02. The first-order valence-corrected chi connectivity index (χ1v) is 8.78. The summed E-state index contributed by atoms with van der Waals surface area (Å²) in [6, 6.07) is 0.0597. The van der Waals surface area contributed by atoms with E-state index in [1.54, 1.807) is 12.3 Å². The molecule has 0 saturated heterocycles. The number of anilines is 1. The Balaban J connectivity index is 1.94. The van der Waals surface area contributed by atoms with Crippen molar-refractivity contribution in [1.82, 2.24) is 10.3 Å². The molecule has 1 aliphatic rings. The fourth-order valence-corrected chi connectivity index (χ4v) is 3.69. The van der Waals surface area contributed by atoms with Crippen LogP contribution in [0.25, 0.3) is 0 Å². The maximum atomic E-state index is 12.4. The van der Waals surface area contributed by atoms with Crippen molar-refractivity contribution in [1.29, 1.82) is 0 Å². The number of carbonyl (C=O) groups excluding carboxylic acids is 1. The molecule has 0 aliphatic heterocycles. The molecular formula is C16H25N3O2S. The molecule has 5 nitrogen and oxygen atoms in total. The van der Waals surface area contributed by atoms with Crippen LogP contribution in [-0.4, -0.2) is 35.2 Å². The summed E-state index contributed by atoms with van der Waals surface area (Å²) in [4.78, 5) is 17.2. The highest BCUT2D eigenvalue weighted by Gasteiger charge is 2.25. The van der Waals surface area contributed by atoms with Crippen LogP contribution in [0.5, 0.6) is 0 Å². The third-order valence-corrected chi connectivity index (χ3v) is 5.06. The van der Waals surface area contributed by atoms with E-state index in [-0.39, 0.29) is 18.6 Å². The Morgan fingerprint density at radius 3 is 2.95 bits per heavy atom. The minimum atomic E-state index is -0.0897. The zero-order valence-electron chi connectivity index (χ0n) is 12.9. The van der Waals surface area contributed by atoms with Crippen LogP contribution < -0.4 is 10.6 Å². The lowest BCUT2D eigenvalue weighted by Gasteiger charge is -2.30. The van der Waals surface area contributed by atoms with E-state index in [2.05, 4.69) is 22.2 Å². The van der Waals surface area contributed by atoms with Crippen LogP contribution in [0.4, 0.5) is 5.13 Å². The number of nitrogens with one attached hydrogen (secondary N) is 2. The molecule has 3 N–H and O–H groups in total. The molecule has 1 aromatic heterocycles. The van der Waals surface area contributed by atoms with Gasteiger partial charge in [-0.1, -0.05) is 36.7 Å². The molecule has 0 radical (unpaired) electrons. The molecule has 0 spiro atoms. The molecule has 1 atom stereocenters. The van der Waals surface area contributed by atoms with Crippen molar-refractivity contribution in [2.24, 2.45) is 5.92 Å². The minimum absolute atomic E-state index is 0.0597. The molecule has 0 bridgehead atoms. The Labute approximate surface area is 135 Å². The largest absolute Gasteiger partial charge is 0.396 e. The summed E-state index contributed by atoms with van der Waals surface area (Å²) in [5.74, 6) is 0.393. The highest BCUT2D eigenvalue weighted by atomic mass is 32.1. The first-order chi connectivity index (χ1) is 10.7. The lowest BCUT2D eigenvalue weighted by molar-refractivity contribution is 0.0903. The van der Waals surface area contributed by atoms with E-state index < -0.39 is 0 Å². The lowest BCUT2D eigenvalue weighted by Crippen LogP contribution is -2.41. The second-order valence-corrected chi connectivity index (χ2v) is 6.72. The van der Waals surface area contributed by atoms with Gasteiger partial charge in [0.1, 0.15) is 4.88 Å². The second-order valence-electron chi connectivity index (χ2n) is 5.69. The van der Waals surface area contributed by atoms with Gasteiger partial charge < -0.3 is 15.7 Å². The average molecular weight is 323 g/mol. The molecule has 22 heavy (non-hydrogen) atoms. The van der Waals surface area contributed by atoms with Crippen LogP contribution in [0.1, 0.15) is 48.2 Å². The summed E-state index contributed by atoms with van der Waals surface area (Å²) in [7, 11) is 0. The van der Waals surface area contributed by atoms with E-state index in [4.69, 9.17) is 0 Å². The Kier molecular flexibility index (Phi) is 6.86.